The molecule has 1 aliphatic rings. The number of fused-ring (bicyclic) bond motifs is 1. The molecule has 1 aromatic heterocycles. The molecule has 58 valence electrons. The average molecular weight is 149 g/mol. The SMILES string of the molecule is Cc1cc2c(cn1)CCNN2. The number of rotatable bonds is 0. The maximum absolute atomic E-state index is 4.22. The zero-order chi connectivity index (χ0) is 7.68. The lowest BCUT2D eigenvalue weighted by Crippen LogP contribution is -2.29. The maximum atomic E-state index is 4.22. The molecule has 3 heteroatoms. The number of nitrogens with zero attached hydrogens (tertiary/aromatic N) is 1. The summed E-state index contributed by atoms with van der Waals surface area (Å²) in [6, 6.07) is 2.06. The molecule has 0 bridgehead atoms. The van der Waals surface area contributed by atoms with Crippen LogP contribution in [0.5, 0.6) is 0 Å². The molecule has 2 heterocycles. The fourth-order valence-corrected chi connectivity index (χ4v) is 1.26. The standard InChI is InChI=1S/C8H11N3/c1-6-4-8-7(5-9-6)2-3-10-11-8/h4-5,10-11H,2-3H2,1H3. The van der Waals surface area contributed by atoms with Gasteiger partial charge in [0, 0.05) is 18.4 Å². The van der Waals surface area contributed by atoms with Crippen LogP contribution in [0.2, 0.25) is 0 Å². The lowest BCUT2D eigenvalue weighted by molar-refractivity contribution is 0.742. The van der Waals surface area contributed by atoms with Gasteiger partial charge in [0.2, 0.25) is 0 Å². The quantitative estimate of drug-likeness (QED) is 0.574. The number of aromatic nitrogens is 1. The lowest BCUT2D eigenvalue weighted by Gasteiger charge is -2.18. The van der Waals surface area contributed by atoms with Crippen LogP contribution in [0, 0.1) is 6.92 Å². The summed E-state index contributed by atoms with van der Waals surface area (Å²) in [6.07, 6.45) is 3.01. The maximum Gasteiger partial charge on any atom is 0.0553 e. The van der Waals surface area contributed by atoms with Crippen LogP contribution in [0.15, 0.2) is 12.3 Å². The summed E-state index contributed by atoms with van der Waals surface area (Å²) in [4.78, 5) is 4.22. The predicted octanol–water partition coefficient (Wildman–Crippen LogP) is 0.863. The minimum Gasteiger partial charge on any atom is -0.321 e. The van der Waals surface area contributed by atoms with Gasteiger partial charge in [-0.1, -0.05) is 0 Å². The van der Waals surface area contributed by atoms with Crippen LogP contribution in [-0.2, 0) is 6.42 Å². The molecule has 0 saturated carbocycles. The van der Waals surface area contributed by atoms with E-state index in [1.807, 2.05) is 13.1 Å². The fraction of sp³-hybridized carbons (Fsp3) is 0.375. The Morgan fingerprint density at radius 2 is 2.45 bits per heavy atom. The van der Waals surface area contributed by atoms with Crippen molar-refractivity contribution in [3.63, 3.8) is 0 Å². The largest absolute Gasteiger partial charge is 0.321 e. The van der Waals surface area contributed by atoms with Gasteiger partial charge in [-0.05, 0) is 25.0 Å². The summed E-state index contributed by atoms with van der Waals surface area (Å²) in [5.74, 6) is 0. The number of hydrazine groups is 1. The second kappa shape index (κ2) is 2.51. The molecular formula is C8H11N3. The Morgan fingerprint density at radius 1 is 1.55 bits per heavy atom. The number of anilines is 1. The molecule has 2 N–H and O–H groups in total. The normalized spacial score (nSPS) is 15.4. The molecular weight excluding hydrogens is 138 g/mol. The Labute approximate surface area is 65.8 Å². The smallest absolute Gasteiger partial charge is 0.0553 e. The average Bonchev–Trinajstić information content (AvgIpc) is 2.04. The third-order valence-electron chi connectivity index (χ3n) is 1.87. The molecule has 0 fully saturated rings. The topological polar surface area (TPSA) is 37.0 Å². The summed E-state index contributed by atoms with van der Waals surface area (Å²) in [6.45, 7) is 2.98. The Morgan fingerprint density at radius 3 is 3.36 bits per heavy atom. The van der Waals surface area contributed by atoms with Gasteiger partial charge in [0.05, 0.1) is 5.69 Å². The monoisotopic (exact) mass is 149 g/mol. The van der Waals surface area contributed by atoms with Crippen molar-refractivity contribution < 1.29 is 0 Å². The predicted molar refractivity (Wildman–Crippen MR) is 44.3 cm³/mol. The molecule has 0 saturated heterocycles. The molecule has 1 aliphatic heterocycles. The van der Waals surface area contributed by atoms with Gasteiger partial charge in [-0.2, -0.15) is 0 Å². The summed E-state index contributed by atoms with van der Waals surface area (Å²) >= 11 is 0. The van der Waals surface area contributed by atoms with E-state index in [1.54, 1.807) is 0 Å². The highest BCUT2D eigenvalue weighted by Crippen LogP contribution is 2.17. The Balaban J connectivity index is 2.43. The van der Waals surface area contributed by atoms with Gasteiger partial charge in [-0.25, -0.2) is 5.43 Å². The van der Waals surface area contributed by atoms with E-state index in [9.17, 15) is 0 Å². The zero-order valence-corrected chi connectivity index (χ0v) is 6.52. The molecule has 2 rings (SSSR count). The zero-order valence-electron chi connectivity index (χ0n) is 6.52. The van der Waals surface area contributed by atoms with Gasteiger partial charge in [0.1, 0.15) is 0 Å². The lowest BCUT2D eigenvalue weighted by atomic mass is 10.1. The van der Waals surface area contributed by atoms with E-state index in [-0.39, 0.29) is 0 Å². The molecule has 11 heavy (non-hydrogen) atoms. The van der Waals surface area contributed by atoms with Crippen molar-refractivity contribution in [1.82, 2.24) is 10.4 Å². The number of hydrogen-bond acceptors (Lipinski definition) is 3. The second-order valence-corrected chi connectivity index (χ2v) is 2.78. The van der Waals surface area contributed by atoms with Gasteiger partial charge in [0.15, 0.2) is 0 Å². The van der Waals surface area contributed by atoms with Crippen molar-refractivity contribution in [2.45, 2.75) is 13.3 Å². The summed E-state index contributed by atoms with van der Waals surface area (Å²) in [5.41, 5.74) is 9.73. The van der Waals surface area contributed by atoms with Crippen LogP contribution in [0.3, 0.4) is 0 Å². The van der Waals surface area contributed by atoms with E-state index in [0.29, 0.717) is 0 Å². The molecule has 0 radical (unpaired) electrons. The van der Waals surface area contributed by atoms with Crippen LogP contribution in [0.25, 0.3) is 0 Å². The molecule has 0 aliphatic carbocycles. The first-order chi connectivity index (χ1) is 5.36. The van der Waals surface area contributed by atoms with E-state index in [2.05, 4.69) is 21.9 Å². The highest BCUT2D eigenvalue weighted by molar-refractivity contribution is 5.51. The number of pyridine rings is 1. The van der Waals surface area contributed by atoms with Crippen molar-refractivity contribution in [2.75, 3.05) is 12.0 Å². The van der Waals surface area contributed by atoms with E-state index in [1.165, 1.54) is 11.3 Å². The number of nitrogens with one attached hydrogen (secondary N) is 2. The van der Waals surface area contributed by atoms with Crippen LogP contribution in [0.4, 0.5) is 5.69 Å². The third-order valence-corrected chi connectivity index (χ3v) is 1.87. The van der Waals surface area contributed by atoms with Gasteiger partial charge in [0.25, 0.3) is 0 Å². The number of aryl methyl sites for hydroxylation is 1. The van der Waals surface area contributed by atoms with E-state index >= 15 is 0 Å². The van der Waals surface area contributed by atoms with Crippen molar-refractivity contribution in [1.29, 1.82) is 0 Å². The molecule has 1 aromatic rings. The van der Waals surface area contributed by atoms with Gasteiger partial charge in [-0.3, -0.25) is 4.98 Å². The molecule has 3 nitrogen and oxygen atoms in total. The summed E-state index contributed by atoms with van der Waals surface area (Å²) in [5, 5.41) is 0. The molecule has 0 spiro atoms. The van der Waals surface area contributed by atoms with E-state index < -0.39 is 0 Å². The molecule has 0 unspecified atom stereocenters. The molecule has 0 aromatic carbocycles. The van der Waals surface area contributed by atoms with Crippen LogP contribution < -0.4 is 10.9 Å². The molecule has 0 atom stereocenters. The first-order valence-electron chi connectivity index (χ1n) is 3.80. The van der Waals surface area contributed by atoms with E-state index in [4.69, 9.17) is 0 Å². The minimum atomic E-state index is 0.984. The van der Waals surface area contributed by atoms with Crippen molar-refractivity contribution >= 4 is 5.69 Å². The fourth-order valence-electron chi connectivity index (χ4n) is 1.26. The summed E-state index contributed by atoms with van der Waals surface area (Å²) in [7, 11) is 0. The van der Waals surface area contributed by atoms with Crippen molar-refractivity contribution in [3.8, 4) is 0 Å². The van der Waals surface area contributed by atoms with E-state index in [0.717, 1.165) is 18.7 Å². The van der Waals surface area contributed by atoms with Gasteiger partial charge in [-0.15, -0.1) is 0 Å². The Kier molecular flexibility index (Phi) is 1.51. The first-order valence-corrected chi connectivity index (χ1v) is 3.80. The minimum absolute atomic E-state index is 0.984. The second-order valence-electron chi connectivity index (χ2n) is 2.78. The third kappa shape index (κ3) is 1.19. The highest BCUT2D eigenvalue weighted by atomic mass is 15.4. The highest BCUT2D eigenvalue weighted by Gasteiger charge is 2.06. The Bertz CT molecular complexity index is 270. The van der Waals surface area contributed by atoms with Gasteiger partial charge >= 0.3 is 0 Å². The van der Waals surface area contributed by atoms with Crippen LogP contribution in [0.1, 0.15) is 11.3 Å². The van der Waals surface area contributed by atoms with Crippen LogP contribution in [-0.4, -0.2) is 11.5 Å². The Hall–Kier alpha value is -1.09. The van der Waals surface area contributed by atoms with Gasteiger partial charge < -0.3 is 5.43 Å². The first kappa shape index (κ1) is 6.61. The van der Waals surface area contributed by atoms with Crippen molar-refractivity contribution in [2.24, 2.45) is 0 Å². The summed E-state index contributed by atoms with van der Waals surface area (Å²) < 4.78 is 0. The number of hydrogen-bond donors (Lipinski definition) is 2. The molecule has 0 amide bonds. The van der Waals surface area contributed by atoms with Crippen molar-refractivity contribution in [3.05, 3.63) is 23.5 Å². The van der Waals surface area contributed by atoms with Crippen LogP contribution >= 0.6 is 0 Å².